The monoisotopic (exact) mass is 378 g/mol. The fraction of sp³-hybridized carbons (Fsp3) is 0.148. The van der Waals surface area contributed by atoms with Gasteiger partial charge in [-0.25, -0.2) is 4.98 Å². The van der Waals surface area contributed by atoms with Gasteiger partial charge >= 0.3 is 0 Å². The number of benzene rings is 3. The Morgan fingerprint density at radius 1 is 0.862 bits per heavy atom. The summed E-state index contributed by atoms with van der Waals surface area (Å²) in [5.74, 6) is 0.346. The fourth-order valence-electron chi connectivity index (χ4n) is 3.81. The molecule has 0 saturated heterocycles. The molecule has 2 heteroatoms. The van der Waals surface area contributed by atoms with Crippen LogP contribution in [0.3, 0.4) is 0 Å². The highest BCUT2D eigenvalue weighted by molar-refractivity contribution is 5.46. The number of hydrogen-bond donors (Lipinski definition) is 0. The van der Waals surface area contributed by atoms with Crippen molar-refractivity contribution in [1.82, 2.24) is 9.55 Å². The van der Waals surface area contributed by atoms with Crippen molar-refractivity contribution in [3.8, 4) is 0 Å². The Morgan fingerprint density at radius 3 is 2.31 bits per heavy atom. The molecule has 0 fully saturated rings. The summed E-state index contributed by atoms with van der Waals surface area (Å²) in [5, 5.41) is 0. The minimum Gasteiger partial charge on any atom is -0.327 e. The van der Waals surface area contributed by atoms with E-state index in [2.05, 4.69) is 107 Å². The quantitative estimate of drug-likeness (QED) is 0.360. The number of aromatic nitrogens is 2. The first-order chi connectivity index (χ1) is 14.3. The topological polar surface area (TPSA) is 17.8 Å². The van der Waals surface area contributed by atoms with Crippen molar-refractivity contribution in [3.63, 3.8) is 0 Å². The maximum absolute atomic E-state index is 4.36. The average molecular weight is 379 g/mol. The van der Waals surface area contributed by atoms with E-state index in [1.54, 1.807) is 0 Å². The lowest BCUT2D eigenvalue weighted by atomic mass is 9.86. The Hall–Kier alpha value is -3.39. The smallest absolute Gasteiger partial charge is 0.0953 e. The van der Waals surface area contributed by atoms with Gasteiger partial charge in [0.15, 0.2) is 0 Å². The lowest BCUT2D eigenvalue weighted by molar-refractivity contribution is 0.787. The van der Waals surface area contributed by atoms with Crippen molar-refractivity contribution in [2.75, 3.05) is 0 Å². The van der Waals surface area contributed by atoms with Crippen LogP contribution < -0.4 is 0 Å². The van der Waals surface area contributed by atoms with Gasteiger partial charge in [0.05, 0.1) is 18.2 Å². The zero-order valence-corrected chi connectivity index (χ0v) is 16.8. The van der Waals surface area contributed by atoms with E-state index in [0.29, 0.717) is 5.92 Å². The van der Waals surface area contributed by atoms with Crippen LogP contribution in [0.4, 0.5) is 0 Å². The maximum Gasteiger partial charge on any atom is 0.0953 e. The lowest BCUT2D eigenvalue weighted by Crippen LogP contribution is -2.02. The molecule has 4 rings (SSSR count). The number of hydrogen-bond acceptors (Lipinski definition) is 1. The van der Waals surface area contributed by atoms with E-state index in [4.69, 9.17) is 0 Å². The molecule has 0 N–H and O–H groups in total. The Labute approximate surface area is 173 Å². The molecule has 1 aromatic heterocycles. The molecule has 0 aliphatic rings. The number of aryl methyl sites for hydroxylation is 1. The van der Waals surface area contributed by atoms with Gasteiger partial charge < -0.3 is 4.57 Å². The third kappa shape index (κ3) is 4.72. The number of imidazole rings is 1. The van der Waals surface area contributed by atoms with Crippen LogP contribution in [-0.4, -0.2) is 9.55 Å². The van der Waals surface area contributed by atoms with Gasteiger partial charge in [0.1, 0.15) is 0 Å². The first-order valence-corrected chi connectivity index (χ1v) is 10.1. The van der Waals surface area contributed by atoms with Crippen molar-refractivity contribution in [2.45, 2.75) is 25.8 Å². The molecule has 29 heavy (non-hydrogen) atoms. The standard InChI is InChI=1S/C27H26N2/c1-22-11-8-9-17-26(22)27(24-14-6-3-7-15-24)18-10-16-25-19-28-21-29(25)20-23-12-4-2-5-13-23/h2-17,19,21,27H,18,20H2,1H3. The van der Waals surface area contributed by atoms with Crippen LogP contribution in [0.5, 0.6) is 0 Å². The molecule has 0 bridgehead atoms. The second-order valence-corrected chi connectivity index (χ2v) is 7.39. The summed E-state index contributed by atoms with van der Waals surface area (Å²) in [6.45, 7) is 3.03. The second kappa shape index (κ2) is 9.20. The van der Waals surface area contributed by atoms with Gasteiger partial charge in [-0.1, -0.05) is 91.0 Å². The highest BCUT2D eigenvalue weighted by atomic mass is 15.0. The third-order valence-electron chi connectivity index (χ3n) is 5.37. The summed E-state index contributed by atoms with van der Waals surface area (Å²) in [7, 11) is 0. The molecule has 0 saturated carbocycles. The molecule has 1 atom stereocenters. The van der Waals surface area contributed by atoms with Crippen molar-refractivity contribution < 1.29 is 0 Å². The molecular formula is C27H26N2. The Balaban J connectivity index is 1.55. The summed E-state index contributed by atoms with van der Waals surface area (Å²) < 4.78 is 2.19. The van der Waals surface area contributed by atoms with Gasteiger partial charge in [0, 0.05) is 12.5 Å². The van der Waals surface area contributed by atoms with Gasteiger partial charge in [0.2, 0.25) is 0 Å². The van der Waals surface area contributed by atoms with E-state index in [9.17, 15) is 0 Å². The van der Waals surface area contributed by atoms with Crippen LogP contribution in [0.1, 0.15) is 40.3 Å². The normalized spacial score (nSPS) is 12.3. The van der Waals surface area contributed by atoms with Crippen molar-refractivity contribution in [3.05, 3.63) is 131 Å². The Bertz CT molecular complexity index is 1060. The average Bonchev–Trinajstić information content (AvgIpc) is 3.20. The van der Waals surface area contributed by atoms with Crippen LogP contribution in [-0.2, 0) is 6.54 Å². The highest BCUT2D eigenvalue weighted by Gasteiger charge is 2.14. The molecule has 0 spiro atoms. The van der Waals surface area contributed by atoms with Gasteiger partial charge in [-0.15, -0.1) is 0 Å². The fourth-order valence-corrected chi connectivity index (χ4v) is 3.81. The molecule has 1 heterocycles. The molecule has 1 unspecified atom stereocenters. The van der Waals surface area contributed by atoms with E-state index in [1.165, 1.54) is 22.3 Å². The molecule has 0 aliphatic heterocycles. The van der Waals surface area contributed by atoms with Crippen molar-refractivity contribution in [1.29, 1.82) is 0 Å². The predicted molar refractivity (Wildman–Crippen MR) is 121 cm³/mol. The summed E-state index contributed by atoms with van der Waals surface area (Å²) in [6.07, 6.45) is 9.27. The predicted octanol–water partition coefficient (Wildman–Crippen LogP) is 6.48. The minimum absolute atomic E-state index is 0.346. The number of nitrogens with zero attached hydrogens (tertiary/aromatic N) is 2. The SMILES string of the molecule is Cc1ccccc1C(CC=Cc1cncn1Cc1ccccc1)c1ccccc1. The van der Waals surface area contributed by atoms with E-state index < -0.39 is 0 Å². The van der Waals surface area contributed by atoms with Crippen LogP contribution in [0, 0.1) is 6.92 Å². The minimum atomic E-state index is 0.346. The summed E-state index contributed by atoms with van der Waals surface area (Å²) in [4.78, 5) is 4.36. The van der Waals surface area contributed by atoms with E-state index >= 15 is 0 Å². The Kier molecular flexibility index (Phi) is 6.01. The van der Waals surface area contributed by atoms with Gasteiger partial charge in [0.25, 0.3) is 0 Å². The van der Waals surface area contributed by atoms with Crippen LogP contribution in [0.25, 0.3) is 6.08 Å². The molecule has 0 radical (unpaired) electrons. The van der Waals surface area contributed by atoms with E-state index in [-0.39, 0.29) is 0 Å². The molecule has 0 amide bonds. The maximum atomic E-state index is 4.36. The van der Waals surface area contributed by atoms with Crippen molar-refractivity contribution in [2.24, 2.45) is 0 Å². The zero-order chi connectivity index (χ0) is 19.9. The van der Waals surface area contributed by atoms with Crippen LogP contribution in [0.2, 0.25) is 0 Å². The third-order valence-corrected chi connectivity index (χ3v) is 5.37. The van der Waals surface area contributed by atoms with E-state index in [0.717, 1.165) is 18.7 Å². The lowest BCUT2D eigenvalue weighted by Gasteiger charge is -2.18. The largest absolute Gasteiger partial charge is 0.327 e. The first kappa shape index (κ1) is 18.9. The second-order valence-electron chi connectivity index (χ2n) is 7.39. The first-order valence-electron chi connectivity index (χ1n) is 10.1. The Morgan fingerprint density at radius 2 is 1.55 bits per heavy atom. The van der Waals surface area contributed by atoms with Crippen LogP contribution >= 0.6 is 0 Å². The summed E-state index contributed by atoms with van der Waals surface area (Å²) >= 11 is 0. The number of rotatable bonds is 7. The molecular weight excluding hydrogens is 352 g/mol. The summed E-state index contributed by atoms with van der Waals surface area (Å²) in [6, 6.07) is 30.0. The van der Waals surface area contributed by atoms with E-state index in [1.807, 2.05) is 18.6 Å². The summed E-state index contributed by atoms with van der Waals surface area (Å²) in [5.41, 5.74) is 6.49. The van der Waals surface area contributed by atoms with Gasteiger partial charge in [-0.2, -0.15) is 0 Å². The van der Waals surface area contributed by atoms with Crippen LogP contribution in [0.15, 0.2) is 104 Å². The molecule has 2 nitrogen and oxygen atoms in total. The van der Waals surface area contributed by atoms with Gasteiger partial charge in [-0.05, 0) is 41.7 Å². The van der Waals surface area contributed by atoms with Gasteiger partial charge in [-0.3, -0.25) is 0 Å². The molecule has 144 valence electrons. The van der Waals surface area contributed by atoms with Crippen molar-refractivity contribution >= 4 is 6.08 Å². The highest BCUT2D eigenvalue weighted by Crippen LogP contribution is 2.30. The zero-order valence-electron chi connectivity index (χ0n) is 16.8. The number of allylic oxidation sites excluding steroid dienone is 1. The molecule has 4 aromatic rings. The molecule has 0 aliphatic carbocycles. The molecule has 3 aromatic carbocycles.